The number of carbonyl (C=O) groups excluding carboxylic acids is 1. The van der Waals surface area contributed by atoms with Crippen LogP contribution >= 0.6 is 0 Å². The summed E-state index contributed by atoms with van der Waals surface area (Å²) in [5.41, 5.74) is 7.87. The summed E-state index contributed by atoms with van der Waals surface area (Å²) in [7, 11) is 0. The summed E-state index contributed by atoms with van der Waals surface area (Å²) in [6.07, 6.45) is 4.51. The molecule has 0 radical (unpaired) electrons. The largest absolute Gasteiger partial charge is 0.396 e. The number of nitrogens with one attached hydrogen (secondary N) is 2. The van der Waals surface area contributed by atoms with Gasteiger partial charge in [0.1, 0.15) is 18.3 Å². The van der Waals surface area contributed by atoms with Gasteiger partial charge in [0.15, 0.2) is 0 Å². The Kier molecular flexibility index (Phi) is 3.34. The van der Waals surface area contributed by atoms with Crippen LogP contribution in [0.3, 0.4) is 0 Å². The van der Waals surface area contributed by atoms with Crippen molar-refractivity contribution < 1.29 is 4.79 Å². The minimum absolute atomic E-state index is 0.247. The van der Waals surface area contributed by atoms with Crippen LogP contribution in [0.2, 0.25) is 0 Å². The van der Waals surface area contributed by atoms with Gasteiger partial charge in [-0.2, -0.15) is 10.2 Å². The highest BCUT2D eigenvalue weighted by atomic mass is 16.2. The van der Waals surface area contributed by atoms with Gasteiger partial charge in [0.05, 0.1) is 18.4 Å². The summed E-state index contributed by atoms with van der Waals surface area (Å²) in [4.78, 5) is 15.9. The zero-order valence-electron chi connectivity index (χ0n) is 11.0. The minimum Gasteiger partial charge on any atom is -0.396 e. The van der Waals surface area contributed by atoms with E-state index in [4.69, 9.17) is 5.73 Å². The first-order chi connectivity index (χ1) is 10.2. The van der Waals surface area contributed by atoms with Crippen molar-refractivity contribution in [2.75, 3.05) is 11.1 Å². The second-order valence-corrected chi connectivity index (χ2v) is 4.45. The number of nitrogen functional groups attached to an aromatic ring is 1. The average Bonchev–Trinajstić information content (AvgIpc) is 3.10. The van der Waals surface area contributed by atoms with E-state index in [1.165, 1.54) is 12.5 Å². The normalized spacial score (nSPS) is 10.5. The lowest BCUT2D eigenvalue weighted by molar-refractivity contribution is 0.102. The van der Waals surface area contributed by atoms with Crippen molar-refractivity contribution in [3.63, 3.8) is 0 Å². The Hall–Kier alpha value is -3.16. The highest BCUT2D eigenvalue weighted by Gasteiger charge is 2.11. The molecule has 0 saturated carbocycles. The molecule has 0 spiro atoms. The maximum Gasteiger partial charge on any atom is 0.275 e. The molecule has 21 heavy (non-hydrogen) atoms. The number of H-pyrrole nitrogens is 1. The molecule has 1 aromatic carbocycles. The molecule has 3 aromatic rings. The van der Waals surface area contributed by atoms with E-state index in [0.29, 0.717) is 17.9 Å². The van der Waals surface area contributed by atoms with Gasteiger partial charge < -0.3 is 11.1 Å². The number of carbonyl (C=O) groups is 1. The first-order valence-corrected chi connectivity index (χ1v) is 6.24. The minimum atomic E-state index is -0.331. The third-order valence-corrected chi connectivity index (χ3v) is 2.89. The van der Waals surface area contributed by atoms with Gasteiger partial charge in [0.2, 0.25) is 0 Å². The van der Waals surface area contributed by atoms with Gasteiger partial charge in [-0.15, -0.1) is 0 Å². The molecule has 0 fully saturated rings. The van der Waals surface area contributed by atoms with E-state index in [-0.39, 0.29) is 11.6 Å². The molecule has 0 atom stereocenters. The summed E-state index contributed by atoms with van der Waals surface area (Å²) in [6, 6.07) is 7.47. The molecule has 106 valence electrons. The summed E-state index contributed by atoms with van der Waals surface area (Å²) in [6.45, 7) is 0.579. The predicted molar refractivity (Wildman–Crippen MR) is 76.5 cm³/mol. The molecule has 8 nitrogen and oxygen atoms in total. The van der Waals surface area contributed by atoms with Crippen molar-refractivity contribution in [2.45, 2.75) is 6.54 Å². The Balaban J connectivity index is 1.74. The highest BCUT2D eigenvalue weighted by molar-refractivity contribution is 6.06. The van der Waals surface area contributed by atoms with Crippen LogP contribution in [0.25, 0.3) is 0 Å². The molecule has 1 amide bonds. The zero-order valence-corrected chi connectivity index (χ0v) is 11.0. The summed E-state index contributed by atoms with van der Waals surface area (Å²) in [5, 5.41) is 13.1. The van der Waals surface area contributed by atoms with Crippen LogP contribution in [0.15, 0.2) is 43.1 Å². The van der Waals surface area contributed by atoms with Crippen LogP contribution in [0, 0.1) is 0 Å². The van der Waals surface area contributed by atoms with E-state index in [1.54, 1.807) is 17.1 Å². The van der Waals surface area contributed by atoms with Crippen LogP contribution in [0.4, 0.5) is 11.4 Å². The molecule has 3 rings (SSSR count). The van der Waals surface area contributed by atoms with Gasteiger partial charge in [0.25, 0.3) is 5.91 Å². The van der Waals surface area contributed by atoms with Gasteiger partial charge >= 0.3 is 0 Å². The van der Waals surface area contributed by atoms with E-state index >= 15 is 0 Å². The number of nitrogens with two attached hydrogens (primary N) is 1. The molecule has 0 aliphatic carbocycles. The topological polar surface area (TPSA) is 115 Å². The highest BCUT2D eigenvalue weighted by Crippen LogP contribution is 2.14. The number of amides is 1. The first kappa shape index (κ1) is 12.9. The predicted octanol–water partition coefficient (Wildman–Crippen LogP) is 0.884. The SMILES string of the molecule is Nc1cn[nH]c1C(=O)Nc1cccc(Cn2cncn2)c1. The second-order valence-electron chi connectivity index (χ2n) is 4.45. The maximum atomic E-state index is 12.0. The molecule has 0 saturated heterocycles. The standard InChI is InChI=1S/C13H13N7O/c14-11-5-16-19-12(11)13(21)18-10-3-1-2-9(4-10)6-20-8-15-7-17-20/h1-5,7-8H,6,14H2,(H,16,19)(H,18,21). The van der Waals surface area contributed by atoms with E-state index in [9.17, 15) is 4.79 Å². The average molecular weight is 283 g/mol. The second kappa shape index (κ2) is 5.45. The Morgan fingerprint density at radius 2 is 2.33 bits per heavy atom. The smallest absolute Gasteiger partial charge is 0.275 e. The number of benzene rings is 1. The molecule has 0 bridgehead atoms. The molecular formula is C13H13N7O. The molecule has 8 heteroatoms. The fraction of sp³-hybridized carbons (Fsp3) is 0.0769. The number of aromatic nitrogens is 5. The first-order valence-electron chi connectivity index (χ1n) is 6.24. The van der Waals surface area contributed by atoms with Crippen molar-refractivity contribution in [3.8, 4) is 0 Å². The lowest BCUT2D eigenvalue weighted by Crippen LogP contribution is -2.14. The van der Waals surface area contributed by atoms with Gasteiger partial charge in [0, 0.05) is 5.69 Å². The summed E-state index contributed by atoms with van der Waals surface area (Å²) in [5.74, 6) is -0.331. The number of rotatable bonds is 4. The fourth-order valence-corrected chi connectivity index (χ4v) is 1.92. The van der Waals surface area contributed by atoms with Crippen LogP contribution in [-0.2, 0) is 6.54 Å². The lowest BCUT2D eigenvalue weighted by Gasteiger charge is -2.07. The molecule has 2 heterocycles. The van der Waals surface area contributed by atoms with Gasteiger partial charge in [-0.1, -0.05) is 12.1 Å². The van der Waals surface area contributed by atoms with Crippen molar-refractivity contribution in [3.05, 3.63) is 54.4 Å². The maximum absolute atomic E-state index is 12.0. The van der Waals surface area contributed by atoms with Crippen molar-refractivity contribution >= 4 is 17.3 Å². The van der Waals surface area contributed by atoms with Crippen LogP contribution in [-0.4, -0.2) is 30.9 Å². The Morgan fingerprint density at radius 3 is 3.05 bits per heavy atom. The molecule has 0 aliphatic heterocycles. The lowest BCUT2D eigenvalue weighted by atomic mass is 10.2. The van der Waals surface area contributed by atoms with Crippen LogP contribution in [0.5, 0.6) is 0 Å². The van der Waals surface area contributed by atoms with Crippen LogP contribution < -0.4 is 11.1 Å². The van der Waals surface area contributed by atoms with Crippen molar-refractivity contribution in [1.29, 1.82) is 0 Å². The van der Waals surface area contributed by atoms with Crippen LogP contribution in [0.1, 0.15) is 16.1 Å². The number of hydrogen-bond acceptors (Lipinski definition) is 5. The number of anilines is 2. The fourth-order valence-electron chi connectivity index (χ4n) is 1.92. The van der Waals surface area contributed by atoms with E-state index in [1.807, 2.05) is 18.2 Å². The Labute approximate surface area is 120 Å². The zero-order chi connectivity index (χ0) is 14.7. The number of nitrogens with zero attached hydrogens (tertiary/aromatic N) is 4. The van der Waals surface area contributed by atoms with E-state index in [2.05, 4.69) is 25.6 Å². The van der Waals surface area contributed by atoms with E-state index < -0.39 is 0 Å². The van der Waals surface area contributed by atoms with Crippen molar-refractivity contribution in [1.82, 2.24) is 25.0 Å². The third-order valence-electron chi connectivity index (χ3n) is 2.89. The molecule has 0 aliphatic rings. The molecule has 2 aromatic heterocycles. The van der Waals surface area contributed by atoms with E-state index in [0.717, 1.165) is 5.56 Å². The molecule has 0 unspecified atom stereocenters. The Bertz CT molecular complexity index is 747. The monoisotopic (exact) mass is 283 g/mol. The molecule has 4 N–H and O–H groups in total. The quantitative estimate of drug-likeness (QED) is 0.657. The van der Waals surface area contributed by atoms with Crippen molar-refractivity contribution in [2.24, 2.45) is 0 Å². The van der Waals surface area contributed by atoms with Gasteiger partial charge in [-0.25, -0.2) is 9.67 Å². The summed E-state index contributed by atoms with van der Waals surface area (Å²) >= 11 is 0. The number of hydrogen-bond donors (Lipinski definition) is 3. The number of aromatic amines is 1. The van der Waals surface area contributed by atoms with Gasteiger partial charge in [-0.3, -0.25) is 9.89 Å². The molecular weight excluding hydrogens is 270 g/mol. The Morgan fingerprint density at radius 1 is 1.43 bits per heavy atom. The summed E-state index contributed by atoms with van der Waals surface area (Å²) < 4.78 is 1.70. The third kappa shape index (κ3) is 2.89. The van der Waals surface area contributed by atoms with Gasteiger partial charge in [-0.05, 0) is 17.7 Å².